The van der Waals surface area contributed by atoms with E-state index < -0.39 is 0 Å². The van der Waals surface area contributed by atoms with E-state index in [-0.39, 0.29) is 0 Å². The third kappa shape index (κ3) is 1.94. The molecule has 0 aliphatic heterocycles. The number of H-pyrrole nitrogens is 1. The third-order valence-corrected chi connectivity index (χ3v) is 2.72. The molecule has 4 heteroatoms. The summed E-state index contributed by atoms with van der Waals surface area (Å²) in [7, 11) is 0. The summed E-state index contributed by atoms with van der Waals surface area (Å²) < 4.78 is 0. The van der Waals surface area contributed by atoms with Gasteiger partial charge < -0.3 is 11.1 Å². The molecule has 0 bridgehead atoms. The molecule has 1 heterocycles. The van der Waals surface area contributed by atoms with Crippen LogP contribution in [0, 0.1) is 5.92 Å². The molecule has 0 spiro atoms. The molecular weight excluding hydrogens is 164 g/mol. The molecule has 0 aromatic carbocycles. The zero-order valence-corrected chi connectivity index (χ0v) is 7.71. The molecule has 1 aliphatic carbocycles. The van der Waals surface area contributed by atoms with Crippen molar-refractivity contribution in [1.82, 2.24) is 10.2 Å². The smallest absolute Gasteiger partial charge is 0.142 e. The number of aromatic amines is 1. The minimum absolute atomic E-state index is 0.637. The molecule has 0 radical (unpaired) electrons. The molecule has 4 N–H and O–H groups in total. The van der Waals surface area contributed by atoms with Crippen molar-refractivity contribution < 1.29 is 0 Å². The number of nitrogens with zero attached hydrogens (tertiary/aromatic N) is 1. The number of nitrogens with two attached hydrogens (primary N) is 1. The predicted octanol–water partition coefficient (Wildman–Crippen LogP) is 1.59. The van der Waals surface area contributed by atoms with E-state index in [9.17, 15) is 0 Å². The maximum absolute atomic E-state index is 5.64. The number of hydrogen-bond donors (Lipinski definition) is 3. The minimum atomic E-state index is 0.637. The summed E-state index contributed by atoms with van der Waals surface area (Å²) in [6.45, 7) is 1.03. The maximum Gasteiger partial charge on any atom is 0.142 e. The van der Waals surface area contributed by atoms with E-state index in [2.05, 4.69) is 15.5 Å². The summed E-state index contributed by atoms with van der Waals surface area (Å²) in [4.78, 5) is 0. The van der Waals surface area contributed by atoms with Gasteiger partial charge in [-0.15, -0.1) is 0 Å². The lowest BCUT2D eigenvalue weighted by Gasteiger charge is -2.10. The molecule has 1 aliphatic rings. The highest BCUT2D eigenvalue weighted by Crippen LogP contribution is 2.25. The van der Waals surface area contributed by atoms with Crippen LogP contribution in [0.5, 0.6) is 0 Å². The Labute approximate surface area is 77.9 Å². The van der Waals surface area contributed by atoms with Gasteiger partial charge in [-0.3, -0.25) is 5.10 Å². The van der Waals surface area contributed by atoms with Gasteiger partial charge in [0.2, 0.25) is 0 Å². The Kier molecular flexibility index (Phi) is 2.38. The fraction of sp³-hybridized carbons (Fsp3) is 0.667. The lowest BCUT2D eigenvalue weighted by atomic mass is 10.1. The molecule has 0 saturated heterocycles. The van der Waals surface area contributed by atoms with Gasteiger partial charge in [-0.05, 0) is 18.8 Å². The summed E-state index contributed by atoms with van der Waals surface area (Å²) in [6, 6.07) is 0. The monoisotopic (exact) mass is 180 g/mol. The van der Waals surface area contributed by atoms with Crippen molar-refractivity contribution in [2.45, 2.75) is 25.7 Å². The summed E-state index contributed by atoms with van der Waals surface area (Å²) >= 11 is 0. The van der Waals surface area contributed by atoms with Crippen molar-refractivity contribution in [3.05, 3.63) is 6.20 Å². The molecule has 72 valence electrons. The van der Waals surface area contributed by atoms with Crippen LogP contribution < -0.4 is 11.1 Å². The fourth-order valence-electron chi connectivity index (χ4n) is 1.91. The molecule has 2 rings (SSSR count). The van der Waals surface area contributed by atoms with Crippen LogP contribution in [0.3, 0.4) is 0 Å². The predicted molar refractivity (Wildman–Crippen MR) is 53.4 cm³/mol. The molecule has 0 amide bonds. The van der Waals surface area contributed by atoms with Gasteiger partial charge in [-0.25, -0.2) is 0 Å². The molecule has 0 atom stereocenters. The van der Waals surface area contributed by atoms with Gasteiger partial charge in [0.25, 0.3) is 0 Å². The third-order valence-electron chi connectivity index (χ3n) is 2.72. The summed E-state index contributed by atoms with van der Waals surface area (Å²) in [5.74, 6) is 1.47. The van der Waals surface area contributed by atoms with Gasteiger partial charge >= 0.3 is 0 Å². The standard InChI is InChI=1S/C9H16N4/c10-9-8(6-12-13-9)11-5-7-3-1-2-4-7/h6-7,11H,1-5H2,(H3,10,12,13). The van der Waals surface area contributed by atoms with Gasteiger partial charge in [0.05, 0.1) is 11.9 Å². The number of hydrogen-bond acceptors (Lipinski definition) is 3. The van der Waals surface area contributed by atoms with Crippen molar-refractivity contribution in [3.8, 4) is 0 Å². The highest BCUT2D eigenvalue weighted by Gasteiger charge is 2.14. The first kappa shape index (κ1) is 8.41. The Hall–Kier alpha value is -1.19. The molecule has 1 aromatic heterocycles. The maximum atomic E-state index is 5.64. The normalized spacial score (nSPS) is 17.8. The molecular formula is C9H16N4. The van der Waals surface area contributed by atoms with Crippen LogP contribution in [-0.2, 0) is 0 Å². The lowest BCUT2D eigenvalue weighted by molar-refractivity contribution is 0.580. The fourth-order valence-corrected chi connectivity index (χ4v) is 1.91. The lowest BCUT2D eigenvalue weighted by Crippen LogP contribution is -2.11. The van der Waals surface area contributed by atoms with Crippen molar-refractivity contribution >= 4 is 11.5 Å². The van der Waals surface area contributed by atoms with E-state index in [1.54, 1.807) is 6.20 Å². The summed E-state index contributed by atoms with van der Waals surface area (Å²) in [5.41, 5.74) is 6.58. The van der Waals surface area contributed by atoms with Gasteiger partial charge in [0.15, 0.2) is 0 Å². The van der Waals surface area contributed by atoms with Crippen molar-refractivity contribution in [3.63, 3.8) is 0 Å². The second-order valence-corrected chi connectivity index (χ2v) is 3.73. The summed E-state index contributed by atoms with van der Waals surface area (Å²) in [5, 5.41) is 9.88. The number of nitrogens with one attached hydrogen (secondary N) is 2. The van der Waals surface area contributed by atoms with Gasteiger partial charge in [0, 0.05) is 6.54 Å². The first-order valence-electron chi connectivity index (χ1n) is 4.89. The topological polar surface area (TPSA) is 66.7 Å². The van der Waals surface area contributed by atoms with E-state index in [1.165, 1.54) is 25.7 Å². The van der Waals surface area contributed by atoms with Crippen LogP contribution >= 0.6 is 0 Å². The molecule has 1 fully saturated rings. The highest BCUT2D eigenvalue weighted by molar-refractivity contribution is 5.59. The number of anilines is 2. The molecule has 4 nitrogen and oxygen atoms in total. The number of rotatable bonds is 3. The van der Waals surface area contributed by atoms with Crippen molar-refractivity contribution in [2.24, 2.45) is 5.92 Å². The second-order valence-electron chi connectivity index (χ2n) is 3.73. The molecule has 0 unspecified atom stereocenters. The van der Waals surface area contributed by atoms with Crippen LogP contribution in [0.25, 0.3) is 0 Å². The van der Waals surface area contributed by atoms with Crippen LogP contribution in [0.4, 0.5) is 11.5 Å². The van der Waals surface area contributed by atoms with Crippen LogP contribution in [0.2, 0.25) is 0 Å². The Bertz CT molecular complexity index is 262. The Balaban J connectivity index is 1.82. The van der Waals surface area contributed by atoms with Gasteiger partial charge in [-0.1, -0.05) is 12.8 Å². The second kappa shape index (κ2) is 3.68. The summed E-state index contributed by atoms with van der Waals surface area (Å²) in [6.07, 6.45) is 7.21. The van der Waals surface area contributed by atoms with Crippen LogP contribution in [-0.4, -0.2) is 16.7 Å². The number of nitrogen functional groups attached to an aromatic ring is 1. The van der Waals surface area contributed by atoms with Gasteiger partial charge in [-0.2, -0.15) is 5.10 Å². The van der Waals surface area contributed by atoms with E-state index in [4.69, 9.17) is 5.73 Å². The van der Waals surface area contributed by atoms with Crippen LogP contribution in [0.1, 0.15) is 25.7 Å². The Morgan fingerprint density at radius 2 is 2.31 bits per heavy atom. The van der Waals surface area contributed by atoms with E-state index in [0.29, 0.717) is 5.82 Å². The first-order chi connectivity index (χ1) is 6.36. The SMILES string of the molecule is Nc1[nH]ncc1NCC1CCCC1. The van der Waals surface area contributed by atoms with E-state index >= 15 is 0 Å². The zero-order chi connectivity index (χ0) is 9.10. The largest absolute Gasteiger partial charge is 0.382 e. The van der Waals surface area contributed by atoms with E-state index in [1.807, 2.05) is 0 Å². The first-order valence-corrected chi connectivity index (χ1v) is 4.89. The number of aromatic nitrogens is 2. The van der Waals surface area contributed by atoms with Crippen molar-refractivity contribution in [1.29, 1.82) is 0 Å². The molecule has 1 aromatic rings. The Morgan fingerprint density at radius 3 is 2.92 bits per heavy atom. The highest BCUT2D eigenvalue weighted by atomic mass is 15.2. The minimum Gasteiger partial charge on any atom is -0.382 e. The molecule has 1 saturated carbocycles. The zero-order valence-electron chi connectivity index (χ0n) is 7.71. The molecule has 13 heavy (non-hydrogen) atoms. The average molecular weight is 180 g/mol. The quantitative estimate of drug-likeness (QED) is 0.661. The van der Waals surface area contributed by atoms with Crippen molar-refractivity contribution in [2.75, 3.05) is 17.6 Å². The Morgan fingerprint density at radius 1 is 1.54 bits per heavy atom. The van der Waals surface area contributed by atoms with Gasteiger partial charge in [0.1, 0.15) is 5.82 Å². The average Bonchev–Trinajstić information content (AvgIpc) is 2.72. The van der Waals surface area contributed by atoms with E-state index in [0.717, 1.165) is 18.2 Å². The van der Waals surface area contributed by atoms with Crippen LogP contribution in [0.15, 0.2) is 6.20 Å².